The quantitative estimate of drug-likeness (QED) is 0.702. The summed E-state index contributed by atoms with van der Waals surface area (Å²) in [5.74, 6) is 1.01. The lowest BCUT2D eigenvalue weighted by atomic mass is 9.96. The fraction of sp³-hybridized carbons (Fsp3) is 0.409. The van der Waals surface area contributed by atoms with Crippen LogP contribution in [0.1, 0.15) is 51.9 Å². The summed E-state index contributed by atoms with van der Waals surface area (Å²) in [6.45, 7) is 5.02. The van der Waals surface area contributed by atoms with Crippen molar-refractivity contribution < 1.29 is 9.18 Å². The van der Waals surface area contributed by atoms with E-state index >= 15 is 0 Å². The van der Waals surface area contributed by atoms with Crippen molar-refractivity contribution >= 4 is 16.8 Å². The number of piperidine rings is 1. The molecule has 1 aromatic carbocycles. The highest BCUT2D eigenvalue weighted by atomic mass is 19.1. The summed E-state index contributed by atoms with van der Waals surface area (Å²) >= 11 is 0. The van der Waals surface area contributed by atoms with Crippen molar-refractivity contribution in [1.29, 1.82) is 0 Å². The topological polar surface area (TPSA) is 73.9 Å². The van der Waals surface area contributed by atoms with Gasteiger partial charge in [0.2, 0.25) is 0 Å². The lowest BCUT2D eigenvalue weighted by Crippen LogP contribution is -2.37. The van der Waals surface area contributed by atoms with Gasteiger partial charge in [-0.3, -0.25) is 4.79 Å². The molecule has 2 N–H and O–H groups in total. The molecule has 1 fully saturated rings. The van der Waals surface area contributed by atoms with Gasteiger partial charge in [-0.05, 0) is 56.6 Å². The zero-order valence-corrected chi connectivity index (χ0v) is 16.5. The number of aromatic amines is 1. The van der Waals surface area contributed by atoms with Gasteiger partial charge < -0.3 is 15.2 Å². The number of H-pyrrole nitrogens is 1. The molecule has 4 heterocycles. The molecule has 3 aromatic rings. The van der Waals surface area contributed by atoms with Crippen molar-refractivity contribution in [2.75, 3.05) is 19.6 Å². The molecular weight excluding hydrogens is 369 g/mol. The van der Waals surface area contributed by atoms with Crippen LogP contribution in [-0.2, 0) is 13.0 Å². The van der Waals surface area contributed by atoms with Gasteiger partial charge >= 0.3 is 0 Å². The lowest BCUT2D eigenvalue weighted by molar-refractivity contribution is 0.0727. The number of benzene rings is 1. The molecule has 7 heteroatoms. The van der Waals surface area contributed by atoms with Crippen molar-refractivity contribution in [3.8, 4) is 0 Å². The highest BCUT2D eigenvalue weighted by Crippen LogP contribution is 2.27. The van der Waals surface area contributed by atoms with E-state index in [2.05, 4.69) is 15.3 Å². The Labute approximate surface area is 168 Å². The fourth-order valence-electron chi connectivity index (χ4n) is 4.45. The molecule has 0 bridgehead atoms. The third kappa shape index (κ3) is 3.29. The molecule has 5 rings (SSSR count). The van der Waals surface area contributed by atoms with Crippen molar-refractivity contribution in [2.24, 2.45) is 0 Å². The smallest absolute Gasteiger partial charge is 0.270 e. The molecule has 2 aliphatic heterocycles. The first-order valence-electron chi connectivity index (χ1n) is 10.2. The van der Waals surface area contributed by atoms with E-state index in [9.17, 15) is 9.18 Å². The SMILES string of the molecule is Cc1c(C(=O)N2CCc3nc(C4CCNCC4)ncc3C2)[nH]c2ccc(F)cc12. The molecule has 29 heavy (non-hydrogen) atoms. The second kappa shape index (κ2) is 7.22. The van der Waals surface area contributed by atoms with Crippen molar-refractivity contribution in [2.45, 2.75) is 38.6 Å². The number of halogens is 1. The van der Waals surface area contributed by atoms with Crippen molar-refractivity contribution in [3.05, 3.63) is 58.6 Å². The number of aryl methyl sites for hydroxylation is 1. The summed E-state index contributed by atoms with van der Waals surface area (Å²) < 4.78 is 13.6. The normalized spacial score (nSPS) is 17.5. The first-order valence-corrected chi connectivity index (χ1v) is 10.2. The summed E-state index contributed by atoms with van der Waals surface area (Å²) in [5, 5.41) is 4.12. The maximum absolute atomic E-state index is 13.6. The molecule has 0 aliphatic carbocycles. The molecule has 0 atom stereocenters. The zero-order valence-electron chi connectivity index (χ0n) is 16.5. The van der Waals surface area contributed by atoms with Crippen LogP contribution >= 0.6 is 0 Å². The van der Waals surface area contributed by atoms with E-state index in [4.69, 9.17) is 4.98 Å². The van der Waals surface area contributed by atoms with Crippen molar-refractivity contribution in [3.63, 3.8) is 0 Å². The molecule has 0 saturated carbocycles. The minimum atomic E-state index is -0.299. The second-order valence-corrected chi connectivity index (χ2v) is 8.02. The number of carbonyl (C=O) groups is 1. The largest absolute Gasteiger partial charge is 0.350 e. The molecular formula is C22H24FN5O. The lowest BCUT2D eigenvalue weighted by Gasteiger charge is -2.29. The molecule has 0 radical (unpaired) electrons. The molecule has 1 amide bonds. The van der Waals surface area contributed by atoms with Crippen LogP contribution in [0.2, 0.25) is 0 Å². The number of rotatable bonds is 2. The molecule has 1 saturated heterocycles. The molecule has 150 valence electrons. The van der Waals surface area contributed by atoms with Gasteiger partial charge in [0.1, 0.15) is 17.3 Å². The van der Waals surface area contributed by atoms with E-state index in [0.717, 1.165) is 65.9 Å². The third-order valence-electron chi connectivity index (χ3n) is 6.18. The van der Waals surface area contributed by atoms with Gasteiger partial charge in [0.15, 0.2) is 0 Å². The molecule has 2 aliphatic rings. The Kier molecular flexibility index (Phi) is 4.54. The molecule has 2 aromatic heterocycles. The van der Waals surface area contributed by atoms with E-state index in [-0.39, 0.29) is 11.7 Å². The highest BCUT2D eigenvalue weighted by molar-refractivity contribution is 6.01. The van der Waals surface area contributed by atoms with E-state index in [1.165, 1.54) is 12.1 Å². The minimum Gasteiger partial charge on any atom is -0.350 e. The van der Waals surface area contributed by atoms with Crippen LogP contribution in [0, 0.1) is 12.7 Å². The number of aromatic nitrogens is 3. The minimum absolute atomic E-state index is 0.0628. The van der Waals surface area contributed by atoms with Gasteiger partial charge in [-0.1, -0.05) is 0 Å². The Bertz CT molecular complexity index is 1090. The summed E-state index contributed by atoms with van der Waals surface area (Å²) in [6, 6.07) is 4.55. The Balaban J connectivity index is 1.38. The first-order chi connectivity index (χ1) is 14.1. The third-order valence-corrected chi connectivity index (χ3v) is 6.18. The number of fused-ring (bicyclic) bond motifs is 2. The maximum atomic E-state index is 13.6. The fourth-order valence-corrected chi connectivity index (χ4v) is 4.45. The number of amides is 1. The predicted octanol–water partition coefficient (Wildman–Crippen LogP) is 3.07. The average molecular weight is 393 g/mol. The van der Waals surface area contributed by atoms with Gasteiger partial charge in [0.25, 0.3) is 5.91 Å². The number of carbonyl (C=O) groups excluding carboxylic acids is 1. The second-order valence-electron chi connectivity index (χ2n) is 8.02. The molecule has 6 nitrogen and oxygen atoms in total. The van der Waals surface area contributed by atoms with Crippen LogP contribution in [0.15, 0.2) is 24.4 Å². The number of nitrogens with one attached hydrogen (secondary N) is 2. The number of hydrogen-bond donors (Lipinski definition) is 2. The van der Waals surface area contributed by atoms with Gasteiger partial charge in [-0.25, -0.2) is 14.4 Å². The Morgan fingerprint density at radius 3 is 2.93 bits per heavy atom. The zero-order chi connectivity index (χ0) is 20.0. The van der Waals surface area contributed by atoms with Gasteiger partial charge in [-0.15, -0.1) is 0 Å². The first kappa shape index (κ1) is 18.2. The molecule has 0 spiro atoms. The van der Waals surface area contributed by atoms with Crippen LogP contribution in [-0.4, -0.2) is 45.4 Å². The van der Waals surface area contributed by atoms with Crippen LogP contribution in [0.4, 0.5) is 4.39 Å². The van der Waals surface area contributed by atoms with E-state index in [0.29, 0.717) is 24.7 Å². The van der Waals surface area contributed by atoms with Crippen LogP contribution in [0.25, 0.3) is 10.9 Å². The van der Waals surface area contributed by atoms with E-state index in [1.54, 1.807) is 6.07 Å². The summed E-state index contributed by atoms with van der Waals surface area (Å²) in [7, 11) is 0. The summed E-state index contributed by atoms with van der Waals surface area (Å²) in [6.07, 6.45) is 4.77. The van der Waals surface area contributed by atoms with Crippen LogP contribution in [0.5, 0.6) is 0 Å². The van der Waals surface area contributed by atoms with Gasteiger partial charge in [0, 0.05) is 48.1 Å². The number of hydrogen-bond acceptors (Lipinski definition) is 4. The van der Waals surface area contributed by atoms with Gasteiger partial charge in [-0.2, -0.15) is 0 Å². The Morgan fingerprint density at radius 1 is 1.28 bits per heavy atom. The highest BCUT2D eigenvalue weighted by Gasteiger charge is 2.27. The standard InChI is InChI=1S/C22H24FN5O/c1-13-17-10-16(23)2-3-19(17)26-20(13)22(29)28-9-6-18-15(12-28)11-25-21(27-18)14-4-7-24-8-5-14/h2-3,10-11,14,24,26H,4-9,12H2,1H3. The van der Waals surface area contributed by atoms with Crippen LogP contribution < -0.4 is 5.32 Å². The molecule has 0 unspecified atom stereocenters. The van der Waals surface area contributed by atoms with E-state index < -0.39 is 0 Å². The average Bonchev–Trinajstić information content (AvgIpc) is 3.09. The maximum Gasteiger partial charge on any atom is 0.270 e. The number of nitrogens with zero attached hydrogens (tertiary/aromatic N) is 3. The Morgan fingerprint density at radius 2 is 2.10 bits per heavy atom. The van der Waals surface area contributed by atoms with Gasteiger partial charge in [0.05, 0.1) is 5.69 Å². The Hall–Kier alpha value is -2.80. The van der Waals surface area contributed by atoms with Crippen LogP contribution in [0.3, 0.4) is 0 Å². The van der Waals surface area contributed by atoms with Crippen molar-refractivity contribution in [1.82, 2.24) is 25.2 Å². The van der Waals surface area contributed by atoms with E-state index in [1.807, 2.05) is 18.0 Å². The summed E-state index contributed by atoms with van der Waals surface area (Å²) in [5.41, 5.74) is 4.17. The monoisotopic (exact) mass is 393 g/mol. The summed E-state index contributed by atoms with van der Waals surface area (Å²) in [4.78, 5) is 27.6. The predicted molar refractivity (Wildman–Crippen MR) is 108 cm³/mol.